The summed E-state index contributed by atoms with van der Waals surface area (Å²) in [5.41, 5.74) is 2.00. The molecular weight excluding hydrogens is 494 g/mol. The number of aromatic amines is 1. The van der Waals surface area contributed by atoms with Crippen molar-refractivity contribution in [2.45, 2.75) is 70.7 Å². The van der Waals surface area contributed by atoms with Crippen LogP contribution in [0.25, 0.3) is 21.9 Å². The highest BCUT2D eigenvalue weighted by molar-refractivity contribution is 6.76. The number of hydrogen-bond acceptors (Lipinski definition) is 5. The quantitative estimate of drug-likeness (QED) is 0.224. The van der Waals surface area contributed by atoms with Crippen LogP contribution in [0.15, 0.2) is 58.4 Å². The summed E-state index contributed by atoms with van der Waals surface area (Å²) >= 11 is 0. The molecule has 1 saturated carbocycles. The largest absolute Gasteiger partial charge is 0.361 e. The first-order valence-electron chi connectivity index (χ1n) is 13.7. The van der Waals surface area contributed by atoms with Crippen molar-refractivity contribution in [2.75, 3.05) is 13.2 Å². The third-order valence-electron chi connectivity index (χ3n) is 7.70. The van der Waals surface area contributed by atoms with Crippen molar-refractivity contribution in [3.63, 3.8) is 0 Å². The monoisotopic (exact) mass is 533 g/mol. The van der Waals surface area contributed by atoms with E-state index in [1.165, 1.54) is 5.56 Å². The Morgan fingerprint density at radius 3 is 2.55 bits per heavy atom. The van der Waals surface area contributed by atoms with Crippen LogP contribution < -0.4 is 16.6 Å². The second kappa shape index (κ2) is 11.4. The predicted molar refractivity (Wildman–Crippen MR) is 155 cm³/mol. The SMILES string of the molecule is C[Si](C)(C)CCOCn1ccc2c1ncc1c(=O)[nH]c(=O)n([C@H]3CC[C@H](CNCc4ccccc4)CC3)c12. The molecule has 38 heavy (non-hydrogen) atoms. The van der Waals surface area contributed by atoms with E-state index < -0.39 is 8.07 Å². The van der Waals surface area contributed by atoms with Crippen LogP contribution in [-0.2, 0) is 18.0 Å². The molecule has 1 fully saturated rings. The Balaban J connectivity index is 1.33. The standard InChI is InChI=1S/C29H39N5O3Si/c1-38(2,3)16-15-37-20-33-14-13-24-26-25(19-31-27(24)33)28(35)32-29(36)34(26)23-11-9-22(10-12-23)18-30-17-21-7-5-4-6-8-21/h4-8,13-14,19,22-23,30H,9-12,15-18,20H2,1-3H3,(H,32,35,36)/t22-,23-. The lowest BCUT2D eigenvalue weighted by atomic mass is 9.85. The van der Waals surface area contributed by atoms with E-state index in [9.17, 15) is 9.59 Å². The smallest absolute Gasteiger partial charge is 0.329 e. The molecule has 1 aliphatic carbocycles. The zero-order valence-electron chi connectivity index (χ0n) is 22.7. The second-order valence-electron chi connectivity index (χ2n) is 11.8. The zero-order valence-corrected chi connectivity index (χ0v) is 23.7. The number of ether oxygens (including phenoxy) is 1. The van der Waals surface area contributed by atoms with Crippen molar-refractivity contribution in [2.24, 2.45) is 5.92 Å². The highest BCUT2D eigenvalue weighted by Gasteiger charge is 2.26. The molecule has 3 aromatic heterocycles. The minimum absolute atomic E-state index is 0.0502. The Morgan fingerprint density at radius 2 is 1.82 bits per heavy atom. The third-order valence-corrected chi connectivity index (χ3v) is 9.40. The summed E-state index contributed by atoms with van der Waals surface area (Å²) in [5, 5.41) is 4.88. The van der Waals surface area contributed by atoms with Gasteiger partial charge in [-0.1, -0.05) is 50.0 Å². The van der Waals surface area contributed by atoms with E-state index in [1.807, 2.05) is 27.5 Å². The van der Waals surface area contributed by atoms with E-state index in [4.69, 9.17) is 4.74 Å². The Kier molecular flexibility index (Phi) is 7.97. The van der Waals surface area contributed by atoms with Crippen molar-refractivity contribution >= 4 is 30.0 Å². The van der Waals surface area contributed by atoms with Gasteiger partial charge >= 0.3 is 5.69 Å². The number of pyridine rings is 1. The Hall–Kier alpha value is -3.01. The lowest BCUT2D eigenvalue weighted by molar-refractivity contribution is 0.0899. The first-order chi connectivity index (χ1) is 18.3. The van der Waals surface area contributed by atoms with Gasteiger partial charge in [0.15, 0.2) is 0 Å². The topological polar surface area (TPSA) is 93.9 Å². The summed E-state index contributed by atoms with van der Waals surface area (Å²) in [7, 11) is -1.17. The van der Waals surface area contributed by atoms with Gasteiger partial charge in [0, 0.05) is 45.0 Å². The van der Waals surface area contributed by atoms with Crippen LogP contribution in [0.4, 0.5) is 0 Å². The number of nitrogens with one attached hydrogen (secondary N) is 2. The molecule has 0 spiro atoms. The van der Waals surface area contributed by atoms with Crippen LogP contribution in [0.1, 0.15) is 37.3 Å². The van der Waals surface area contributed by atoms with Gasteiger partial charge in [-0.2, -0.15) is 0 Å². The van der Waals surface area contributed by atoms with E-state index in [0.717, 1.165) is 62.5 Å². The fourth-order valence-electron chi connectivity index (χ4n) is 5.49. The maximum atomic E-state index is 13.2. The minimum atomic E-state index is -1.17. The molecule has 0 radical (unpaired) electrons. The molecule has 8 nitrogen and oxygen atoms in total. The van der Waals surface area contributed by atoms with Gasteiger partial charge in [0.1, 0.15) is 12.4 Å². The van der Waals surface area contributed by atoms with Crippen LogP contribution in [0.5, 0.6) is 0 Å². The average Bonchev–Trinajstić information content (AvgIpc) is 3.31. The average molecular weight is 534 g/mol. The number of benzene rings is 1. The van der Waals surface area contributed by atoms with Crippen LogP contribution in [0.2, 0.25) is 25.7 Å². The Labute approximate surface area is 224 Å². The maximum absolute atomic E-state index is 13.2. The molecule has 0 aliphatic heterocycles. The molecule has 0 unspecified atom stereocenters. The fraction of sp³-hybridized carbons (Fsp3) is 0.483. The number of nitrogens with zero attached hydrogens (tertiary/aromatic N) is 3. The number of H-pyrrole nitrogens is 1. The lowest BCUT2D eigenvalue weighted by Crippen LogP contribution is -2.35. The van der Waals surface area contributed by atoms with Gasteiger partial charge in [0.05, 0.1) is 10.9 Å². The second-order valence-corrected chi connectivity index (χ2v) is 17.4. The summed E-state index contributed by atoms with van der Waals surface area (Å²) in [5.74, 6) is 0.579. The highest BCUT2D eigenvalue weighted by Crippen LogP contribution is 2.34. The zero-order chi connectivity index (χ0) is 26.7. The number of hydrogen-bond donors (Lipinski definition) is 2. The van der Waals surface area contributed by atoms with Crippen molar-refractivity contribution in [1.82, 2.24) is 24.4 Å². The van der Waals surface area contributed by atoms with Gasteiger partial charge in [0.2, 0.25) is 0 Å². The molecule has 0 amide bonds. The molecule has 0 atom stereocenters. The van der Waals surface area contributed by atoms with E-state index in [2.05, 4.69) is 59.2 Å². The third kappa shape index (κ3) is 6.00. The number of rotatable bonds is 10. The van der Waals surface area contributed by atoms with Crippen molar-refractivity contribution < 1.29 is 4.74 Å². The van der Waals surface area contributed by atoms with Gasteiger partial charge in [-0.15, -0.1) is 0 Å². The predicted octanol–water partition coefficient (Wildman–Crippen LogP) is 4.87. The Bertz CT molecular complexity index is 1490. The summed E-state index contributed by atoms with van der Waals surface area (Å²) in [4.78, 5) is 33.0. The summed E-state index contributed by atoms with van der Waals surface area (Å²) in [6, 6.07) is 13.6. The summed E-state index contributed by atoms with van der Waals surface area (Å²) in [6.45, 7) is 9.96. The molecular formula is C29H39N5O3Si. The van der Waals surface area contributed by atoms with Crippen LogP contribution in [-0.4, -0.2) is 40.3 Å². The maximum Gasteiger partial charge on any atom is 0.329 e. The van der Waals surface area contributed by atoms with Crippen molar-refractivity contribution in [1.29, 1.82) is 0 Å². The van der Waals surface area contributed by atoms with Crippen LogP contribution in [0.3, 0.4) is 0 Å². The van der Waals surface area contributed by atoms with E-state index >= 15 is 0 Å². The van der Waals surface area contributed by atoms with Gasteiger partial charge in [-0.25, -0.2) is 9.78 Å². The first kappa shape index (κ1) is 26.6. The molecule has 3 heterocycles. The van der Waals surface area contributed by atoms with Crippen molar-refractivity contribution in [3.8, 4) is 0 Å². The molecule has 5 rings (SSSR count). The first-order valence-corrected chi connectivity index (χ1v) is 17.5. The highest BCUT2D eigenvalue weighted by atomic mass is 28.3. The fourth-order valence-corrected chi connectivity index (χ4v) is 6.25. The van der Waals surface area contributed by atoms with E-state index in [1.54, 1.807) is 6.20 Å². The normalized spacial score (nSPS) is 18.4. The van der Waals surface area contributed by atoms with E-state index in [-0.39, 0.29) is 17.3 Å². The van der Waals surface area contributed by atoms with Gasteiger partial charge in [0.25, 0.3) is 5.56 Å². The molecule has 4 aromatic rings. The molecule has 2 N–H and O–H groups in total. The summed E-state index contributed by atoms with van der Waals surface area (Å²) in [6.07, 6.45) is 7.44. The molecule has 202 valence electrons. The Morgan fingerprint density at radius 1 is 1.05 bits per heavy atom. The van der Waals surface area contributed by atoms with Gasteiger partial charge in [-0.05, 0) is 55.8 Å². The van der Waals surface area contributed by atoms with Gasteiger partial charge < -0.3 is 14.6 Å². The summed E-state index contributed by atoms with van der Waals surface area (Å²) < 4.78 is 9.74. The number of fused-ring (bicyclic) bond motifs is 3. The lowest BCUT2D eigenvalue weighted by Gasteiger charge is -2.30. The van der Waals surface area contributed by atoms with E-state index in [0.29, 0.717) is 23.6 Å². The molecule has 9 heteroatoms. The minimum Gasteiger partial charge on any atom is -0.361 e. The van der Waals surface area contributed by atoms with Crippen molar-refractivity contribution in [3.05, 3.63) is 75.2 Å². The van der Waals surface area contributed by atoms with Gasteiger partial charge in [-0.3, -0.25) is 14.3 Å². The molecule has 1 aromatic carbocycles. The van der Waals surface area contributed by atoms with Crippen LogP contribution in [0, 0.1) is 5.92 Å². The molecule has 1 aliphatic rings. The molecule has 0 bridgehead atoms. The number of aromatic nitrogens is 4. The van der Waals surface area contributed by atoms with Crippen LogP contribution >= 0.6 is 0 Å². The molecule has 0 saturated heterocycles.